The number of aryl methyl sites for hydroxylation is 1. The number of rotatable bonds is 1. The van der Waals surface area contributed by atoms with Gasteiger partial charge in [-0.2, -0.15) is 0 Å². The van der Waals surface area contributed by atoms with Crippen molar-refractivity contribution in [2.45, 2.75) is 6.92 Å². The smallest absolute Gasteiger partial charge is 0.273 e. The molecule has 0 unspecified atom stereocenters. The molecule has 0 aliphatic carbocycles. The number of nitrogens with one attached hydrogen (secondary N) is 1. The monoisotopic (exact) mass is 270 g/mol. The van der Waals surface area contributed by atoms with Gasteiger partial charge in [0, 0.05) is 48.8 Å². The van der Waals surface area contributed by atoms with Gasteiger partial charge in [0.25, 0.3) is 5.91 Å². The molecule has 1 saturated heterocycles. The van der Waals surface area contributed by atoms with Gasteiger partial charge < -0.3 is 16.0 Å². The zero-order valence-electron chi connectivity index (χ0n) is 11.5. The van der Waals surface area contributed by atoms with E-state index in [0.29, 0.717) is 11.4 Å². The van der Waals surface area contributed by atoms with Crippen LogP contribution in [0, 0.1) is 6.92 Å². The third-order valence-corrected chi connectivity index (χ3v) is 3.78. The van der Waals surface area contributed by atoms with Crippen molar-refractivity contribution in [2.75, 3.05) is 31.9 Å². The molecule has 1 aromatic heterocycles. The predicted molar refractivity (Wildman–Crippen MR) is 79.7 cm³/mol. The van der Waals surface area contributed by atoms with Crippen LogP contribution in [0.3, 0.4) is 0 Å². The Kier molecular flexibility index (Phi) is 3.28. The van der Waals surface area contributed by atoms with E-state index in [2.05, 4.69) is 10.3 Å². The lowest BCUT2D eigenvalue weighted by Gasteiger charge is -2.27. The number of hydrogen-bond acceptors (Lipinski definition) is 4. The van der Waals surface area contributed by atoms with Gasteiger partial charge >= 0.3 is 0 Å². The van der Waals surface area contributed by atoms with Crippen molar-refractivity contribution in [1.29, 1.82) is 0 Å². The van der Waals surface area contributed by atoms with Crippen molar-refractivity contribution in [2.24, 2.45) is 0 Å². The van der Waals surface area contributed by atoms with E-state index < -0.39 is 0 Å². The van der Waals surface area contributed by atoms with E-state index >= 15 is 0 Å². The minimum Gasteiger partial charge on any atom is -0.398 e. The minimum atomic E-state index is -0.00852. The first-order valence-corrected chi connectivity index (χ1v) is 6.82. The lowest BCUT2D eigenvalue weighted by atomic mass is 10.0. The Morgan fingerprint density at radius 2 is 2.05 bits per heavy atom. The van der Waals surface area contributed by atoms with E-state index in [9.17, 15) is 4.79 Å². The van der Waals surface area contributed by atoms with Crippen LogP contribution in [0.2, 0.25) is 0 Å². The molecule has 1 aliphatic rings. The van der Waals surface area contributed by atoms with Crippen LogP contribution in [0.5, 0.6) is 0 Å². The lowest BCUT2D eigenvalue weighted by Crippen LogP contribution is -2.46. The maximum Gasteiger partial charge on any atom is 0.273 e. The van der Waals surface area contributed by atoms with Crippen molar-refractivity contribution in [3.05, 3.63) is 35.7 Å². The number of carbonyl (C=O) groups excluding carboxylic acids is 1. The van der Waals surface area contributed by atoms with Gasteiger partial charge in [0.15, 0.2) is 0 Å². The van der Waals surface area contributed by atoms with Crippen molar-refractivity contribution >= 4 is 22.4 Å². The zero-order valence-corrected chi connectivity index (χ0v) is 11.5. The molecular weight excluding hydrogens is 252 g/mol. The number of nitrogens with zero attached hydrogens (tertiary/aromatic N) is 2. The summed E-state index contributed by atoms with van der Waals surface area (Å²) >= 11 is 0. The number of benzene rings is 1. The number of piperazine rings is 1. The number of nitrogen functional groups attached to an aromatic ring is 1. The third-order valence-electron chi connectivity index (χ3n) is 3.78. The Labute approximate surface area is 117 Å². The van der Waals surface area contributed by atoms with Crippen LogP contribution in [0.1, 0.15) is 16.1 Å². The molecule has 1 amide bonds. The molecule has 3 rings (SSSR count). The summed E-state index contributed by atoms with van der Waals surface area (Å²) < 4.78 is 0. The Balaban J connectivity index is 2.11. The molecule has 0 atom stereocenters. The quantitative estimate of drug-likeness (QED) is 0.763. The number of pyridine rings is 1. The number of carbonyl (C=O) groups is 1. The number of aromatic nitrogens is 1. The number of fused-ring (bicyclic) bond motifs is 1. The predicted octanol–water partition coefficient (Wildman–Crippen LogP) is 1.17. The van der Waals surface area contributed by atoms with Gasteiger partial charge in [0.05, 0.1) is 0 Å². The van der Waals surface area contributed by atoms with Crippen molar-refractivity contribution in [1.82, 2.24) is 15.2 Å². The fourth-order valence-corrected chi connectivity index (χ4v) is 2.67. The Bertz CT molecular complexity index is 662. The normalized spacial score (nSPS) is 15.6. The molecule has 5 nitrogen and oxygen atoms in total. The summed E-state index contributed by atoms with van der Waals surface area (Å²) in [5.41, 5.74) is 8.23. The second kappa shape index (κ2) is 5.09. The molecule has 0 spiro atoms. The number of hydrogen-bond donors (Lipinski definition) is 2. The SMILES string of the molecule is Cc1ccc(N)c2ccnc(C(=O)N3CCNCC3)c12. The number of amides is 1. The second-order valence-electron chi connectivity index (χ2n) is 5.10. The van der Waals surface area contributed by atoms with Crippen LogP contribution in [0.25, 0.3) is 10.8 Å². The first-order valence-electron chi connectivity index (χ1n) is 6.82. The molecule has 1 aliphatic heterocycles. The molecule has 1 aromatic carbocycles. The van der Waals surface area contributed by atoms with Crippen LogP contribution >= 0.6 is 0 Å². The number of nitrogens with two attached hydrogens (primary N) is 1. The van der Waals surface area contributed by atoms with E-state index in [1.807, 2.05) is 30.0 Å². The van der Waals surface area contributed by atoms with Crippen molar-refractivity contribution in [3.63, 3.8) is 0 Å². The molecule has 3 N–H and O–H groups in total. The van der Waals surface area contributed by atoms with Gasteiger partial charge in [-0.1, -0.05) is 6.07 Å². The molecule has 0 radical (unpaired) electrons. The molecule has 5 heteroatoms. The number of anilines is 1. The van der Waals surface area contributed by atoms with Crippen molar-refractivity contribution < 1.29 is 4.79 Å². The van der Waals surface area contributed by atoms with Gasteiger partial charge in [0.2, 0.25) is 0 Å². The van der Waals surface area contributed by atoms with E-state index in [0.717, 1.165) is 42.5 Å². The largest absolute Gasteiger partial charge is 0.398 e. The zero-order chi connectivity index (χ0) is 14.1. The molecule has 20 heavy (non-hydrogen) atoms. The highest BCUT2D eigenvalue weighted by Gasteiger charge is 2.22. The highest BCUT2D eigenvalue weighted by atomic mass is 16.2. The summed E-state index contributed by atoms with van der Waals surface area (Å²) in [7, 11) is 0. The van der Waals surface area contributed by atoms with Gasteiger partial charge in [-0.15, -0.1) is 0 Å². The molecule has 104 valence electrons. The van der Waals surface area contributed by atoms with E-state index in [1.165, 1.54) is 0 Å². The molecule has 0 saturated carbocycles. The van der Waals surface area contributed by atoms with Gasteiger partial charge in [0.1, 0.15) is 5.69 Å². The summed E-state index contributed by atoms with van der Waals surface area (Å²) in [6.07, 6.45) is 1.66. The van der Waals surface area contributed by atoms with Gasteiger partial charge in [-0.05, 0) is 24.6 Å². The lowest BCUT2D eigenvalue weighted by molar-refractivity contribution is 0.0732. The maximum absolute atomic E-state index is 12.7. The second-order valence-corrected chi connectivity index (χ2v) is 5.10. The Morgan fingerprint density at radius 3 is 2.80 bits per heavy atom. The van der Waals surface area contributed by atoms with E-state index in [4.69, 9.17) is 5.73 Å². The average molecular weight is 270 g/mol. The highest BCUT2D eigenvalue weighted by molar-refractivity contribution is 6.09. The fourth-order valence-electron chi connectivity index (χ4n) is 2.67. The highest BCUT2D eigenvalue weighted by Crippen LogP contribution is 2.27. The van der Waals surface area contributed by atoms with Crippen LogP contribution in [-0.2, 0) is 0 Å². The Hall–Kier alpha value is -2.14. The molecule has 2 aromatic rings. The fraction of sp³-hybridized carbons (Fsp3) is 0.333. The van der Waals surface area contributed by atoms with E-state index in [-0.39, 0.29) is 5.91 Å². The molecule has 0 bridgehead atoms. The van der Waals surface area contributed by atoms with Crippen molar-refractivity contribution in [3.8, 4) is 0 Å². The summed E-state index contributed by atoms with van der Waals surface area (Å²) in [6.45, 7) is 5.09. The molecular formula is C15H18N4O. The van der Waals surface area contributed by atoms with Gasteiger partial charge in [-0.25, -0.2) is 0 Å². The summed E-state index contributed by atoms with van der Waals surface area (Å²) in [5.74, 6) is -0.00852. The van der Waals surface area contributed by atoms with Crippen LogP contribution < -0.4 is 11.1 Å². The first-order chi connectivity index (χ1) is 9.68. The summed E-state index contributed by atoms with van der Waals surface area (Å²) in [5, 5.41) is 5.02. The minimum absolute atomic E-state index is 0.00852. The van der Waals surface area contributed by atoms with E-state index in [1.54, 1.807) is 6.20 Å². The van der Waals surface area contributed by atoms with Crippen LogP contribution in [-0.4, -0.2) is 42.0 Å². The third kappa shape index (κ3) is 2.10. The first kappa shape index (κ1) is 12.9. The molecule has 2 heterocycles. The van der Waals surface area contributed by atoms with Crippen LogP contribution in [0.4, 0.5) is 5.69 Å². The van der Waals surface area contributed by atoms with Gasteiger partial charge in [-0.3, -0.25) is 9.78 Å². The summed E-state index contributed by atoms with van der Waals surface area (Å²) in [6, 6.07) is 5.68. The standard InChI is InChI=1S/C15H18N4O/c1-10-2-3-12(16)11-4-5-18-14(13(10)11)15(20)19-8-6-17-7-9-19/h2-5,17H,6-9,16H2,1H3. The topological polar surface area (TPSA) is 71.2 Å². The van der Waals surface area contributed by atoms with Crippen LogP contribution in [0.15, 0.2) is 24.4 Å². The maximum atomic E-state index is 12.7. The molecule has 1 fully saturated rings. The summed E-state index contributed by atoms with van der Waals surface area (Å²) in [4.78, 5) is 18.8. The average Bonchev–Trinajstić information content (AvgIpc) is 2.51. The Morgan fingerprint density at radius 1 is 1.30 bits per heavy atom.